The smallest absolute Gasteiger partial charge is 0.358 e. The van der Waals surface area contributed by atoms with Crippen molar-refractivity contribution in [1.82, 2.24) is 24.5 Å². The van der Waals surface area contributed by atoms with Gasteiger partial charge in [-0.2, -0.15) is 0 Å². The molecule has 1 N–H and O–H groups in total. The lowest BCUT2D eigenvalue weighted by Gasteiger charge is -2.09. The minimum atomic E-state index is -1.07. The number of carboxylic acids is 1. The molecule has 2 aromatic heterocycles. The van der Waals surface area contributed by atoms with E-state index in [4.69, 9.17) is 9.84 Å². The number of hydrogen-bond donors (Lipinski definition) is 1. The summed E-state index contributed by atoms with van der Waals surface area (Å²) in [6.07, 6.45) is 4.98. The summed E-state index contributed by atoms with van der Waals surface area (Å²) in [6, 6.07) is 0. The van der Waals surface area contributed by atoms with Crippen LogP contribution in [-0.2, 0) is 24.2 Å². The Morgan fingerprint density at radius 3 is 2.95 bits per heavy atom. The van der Waals surface area contributed by atoms with Crippen molar-refractivity contribution in [3.8, 4) is 0 Å². The van der Waals surface area contributed by atoms with Crippen LogP contribution in [0.3, 0.4) is 0 Å². The van der Waals surface area contributed by atoms with Crippen LogP contribution in [0.1, 0.15) is 35.2 Å². The Morgan fingerprint density at radius 2 is 2.29 bits per heavy atom. The van der Waals surface area contributed by atoms with Gasteiger partial charge in [-0.05, 0) is 6.42 Å². The van der Waals surface area contributed by atoms with Crippen molar-refractivity contribution in [3.05, 3.63) is 29.6 Å². The van der Waals surface area contributed by atoms with Gasteiger partial charge in [0.25, 0.3) is 0 Å². The highest BCUT2D eigenvalue weighted by Crippen LogP contribution is 2.11. The third kappa shape index (κ3) is 3.46. The van der Waals surface area contributed by atoms with E-state index in [1.807, 2.05) is 4.57 Å². The van der Waals surface area contributed by atoms with Gasteiger partial charge in [-0.3, -0.25) is 0 Å². The molecular formula is C13H19N5O3. The molecule has 114 valence electrons. The van der Waals surface area contributed by atoms with Crippen molar-refractivity contribution >= 4 is 5.97 Å². The van der Waals surface area contributed by atoms with Crippen LogP contribution in [0, 0.1) is 0 Å². The molecule has 2 rings (SSSR count). The predicted molar refractivity (Wildman–Crippen MR) is 74.2 cm³/mol. The first-order valence-corrected chi connectivity index (χ1v) is 6.81. The summed E-state index contributed by atoms with van der Waals surface area (Å²) in [4.78, 5) is 15.3. The molecule has 0 aliphatic carbocycles. The second-order valence-corrected chi connectivity index (χ2v) is 4.67. The fraction of sp³-hybridized carbons (Fsp3) is 0.538. The monoisotopic (exact) mass is 293 g/mol. The Bertz CT molecular complexity index is 605. The first kappa shape index (κ1) is 15.2. The molecule has 21 heavy (non-hydrogen) atoms. The van der Waals surface area contributed by atoms with Crippen LogP contribution in [0.2, 0.25) is 0 Å². The standard InChI is InChI=1S/C13H19N5O3/c1-3-5-17-9-14-7-10(17)8-18-11(4-6-21-2)12(13(19)20)15-16-18/h7,9H,3-6,8H2,1-2H3,(H,19,20). The molecule has 0 saturated heterocycles. The summed E-state index contributed by atoms with van der Waals surface area (Å²) >= 11 is 0. The molecule has 0 aliphatic rings. The molecule has 0 fully saturated rings. The topological polar surface area (TPSA) is 95.1 Å². The Labute approximate surface area is 122 Å². The number of aromatic nitrogens is 5. The zero-order valence-corrected chi connectivity index (χ0v) is 12.2. The number of carbonyl (C=O) groups is 1. The zero-order chi connectivity index (χ0) is 15.2. The fourth-order valence-electron chi connectivity index (χ4n) is 2.15. The molecule has 0 spiro atoms. The van der Waals surface area contributed by atoms with Gasteiger partial charge in [0, 0.05) is 20.1 Å². The molecule has 2 heterocycles. The summed E-state index contributed by atoms with van der Waals surface area (Å²) in [6.45, 7) is 3.82. The van der Waals surface area contributed by atoms with E-state index in [1.54, 1.807) is 24.3 Å². The van der Waals surface area contributed by atoms with Crippen LogP contribution in [0.15, 0.2) is 12.5 Å². The number of rotatable bonds is 8. The van der Waals surface area contributed by atoms with Crippen LogP contribution >= 0.6 is 0 Å². The molecule has 0 amide bonds. The molecule has 0 atom stereocenters. The van der Waals surface area contributed by atoms with E-state index < -0.39 is 5.97 Å². The van der Waals surface area contributed by atoms with Gasteiger partial charge in [0.05, 0.1) is 37.1 Å². The Hall–Kier alpha value is -2.22. The van der Waals surface area contributed by atoms with Crippen molar-refractivity contribution in [2.45, 2.75) is 32.9 Å². The molecule has 0 bridgehead atoms. The molecule has 0 aromatic carbocycles. The van der Waals surface area contributed by atoms with E-state index in [1.165, 1.54) is 0 Å². The van der Waals surface area contributed by atoms with Crippen LogP contribution in [0.25, 0.3) is 0 Å². The van der Waals surface area contributed by atoms with Gasteiger partial charge in [0.2, 0.25) is 0 Å². The number of imidazole rings is 1. The number of hydrogen-bond acceptors (Lipinski definition) is 5. The number of carboxylic acid groups (broad SMARTS) is 1. The number of methoxy groups -OCH3 is 1. The van der Waals surface area contributed by atoms with Gasteiger partial charge < -0.3 is 14.4 Å². The largest absolute Gasteiger partial charge is 0.476 e. The normalized spacial score (nSPS) is 11.0. The number of aromatic carboxylic acids is 1. The number of nitrogens with zero attached hydrogens (tertiary/aromatic N) is 5. The maximum absolute atomic E-state index is 11.2. The van der Waals surface area contributed by atoms with Crippen LogP contribution in [-0.4, -0.2) is 49.3 Å². The lowest BCUT2D eigenvalue weighted by Crippen LogP contribution is -2.14. The lowest BCUT2D eigenvalue weighted by molar-refractivity contribution is 0.0688. The quantitative estimate of drug-likeness (QED) is 0.774. The predicted octanol–water partition coefficient (Wildman–Crippen LogP) is 0.820. The average Bonchev–Trinajstić information content (AvgIpc) is 3.05. The average molecular weight is 293 g/mol. The zero-order valence-electron chi connectivity index (χ0n) is 12.2. The van der Waals surface area contributed by atoms with Gasteiger partial charge in [-0.15, -0.1) is 5.10 Å². The maximum Gasteiger partial charge on any atom is 0.358 e. The first-order valence-electron chi connectivity index (χ1n) is 6.81. The SMILES string of the molecule is CCCn1cncc1Cn1nnc(C(=O)O)c1CCOC. The first-order chi connectivity index (χ1) is 10.2. The molecule has 0 saturated carbocycles. The number of ether oxygens (including phenoxy) is 1. The van der Waals surface area contributed by atoms with Gasteiger partial charge in [-0.25, -0.2) is 14.5 Å². The highest BCUT2D eigenvalue weighted by molar-refractivity contribution is 5.86. The van der Waals surface area contributed by atoms with E-state index in [2.05, 4.69) is 22.2 Å². The fourth-order valence-corrected chi connectivity index (χ4v) is 2.15. The molecule has 2 aromatic rings. The van der Waals surface area contributed by atoms with Crippen molar-refractivity contribution in [1.29, 1.82) is 0 Å². The summed E-state index contributed by atoms with van der Waals surface area (Å²) < 4.78 is 8.66. The van der Waals surface area contributed by atoms with Crippen LogP contribution < -0.4 is 0 Å². The van der Waals surface area contributed by atoms with Crippen molar-refractivity contribution in [2.75, 3.05) is 13.7 Å². The van der Waals surface area contributed by atoms with Crippen LogP contribution in [0.5, 0.6) is 0 Å². The van der Waals surface area contributed by atoms with Gasteiger partial charge in [0.15, 0.2) is 5.69 Å². The minimum Gasteiger partial charge on any atom is -0.476 e. The second-order valence-electron chi connectivity index (χ2n) is 4.67. The Balaban J connectivity index is 2.26. The summed E-state index contributed by atoms with van der Waals surface area (Å²) in [5, 5.41) is 16.9. The summed E-state index contributed by atoms with van der Waals surface area (Å²) in [5.74, 6) is -1.07. The van der Waals surface area contributed by atoms with Crippen molar-refractivity contribution in [2.24, 2.45) is 0 Å². The molecule has 0 radical (unpaired) electrons. The molecule has 8 nitrogen and oxygen atoms in total. The Kier molecular flexibility index (Phi) is 5.04. The maximum atomic E-state index is 11.2. The highest BCUT2D eigenvalue weighted by Gasteiger charge is 2.19. The second kappa shape index (κ2) is 6.98. The Morgan fingerprint density at radius 1 is 1.48 bits per heavy atom. The molecular weight excluding hydrogens is 274 g/mol. The van der Waals surface area contributed by atoms with Gasteiger partial charge >= 0.3 is 5.97 Å². The van der Waals surface area contributed by atoms with E-state index in [-0.39, 0.29) is 5.69 Å². The number of aryl methyl sites for hydroxylation is 1. The lowest BCUT2D eigenvalue weighted by atomic mass is 10.2. The van der Waals surface area contributed by atoms with E-state index in [0.717, 1.165) is 18.7 Å². The summed E-state index contributed by atoms with van der Waals surface area (Å²) in [5.41, 5.74) is 1.51. The summed E-state index contributed by atoms with van der Waals surface area (Å²) in [7, 11) is 1.57. The minimum absolute atomic E-state index is 0.0198. The van der Waals surface area contributed by atoms with Gasteiger partial charge in [0.1, 0.15) is 0 Å². The third-order valence-electron chi connectivity index (χ3n) is 3.16. The van der Waals surface area contributed by atoms with Crippen molar-refractivity contribution < 1.29 is 14.6 Å². The van der Waals surface area contributed by atoms with E-state index in [0.29, 0.717) is 25.3 Å². The molecule has 0 aliphatic heterocycles. The van der Waals surface area contributed by atoms with E-state index >= 15 is 0 Å². The molecule has 8 heteroatoms. The van der Waals surface area contributed by atoms with Gasteiger partial charge in [-0.1, -0.05) is 12.1 Å². The van der Waals surface area contributed by atoms with E-state index in [9.17, 15) is 4.79 Å². The third-order valence-corrected chi connectivity index (χ3v) is 3.16. The molecule has 0 unspecified atom stereocenters. The van der Waals surface area contributed by atoms with Crippen LogP contribution in [0.4, 0.5) is 0 Å². The highest BCUT2D eigenvalue weighted by atomic mass is 16.5. The van der Waals surface area contributed by atoms with Crippen molar-refractivity contribution in [3.63, 3.8) is 0 Å².